The van der Waals surface area contributed by atoms with E-state index in [9.17, 15) is 26.3 Å². The first-order valence-corrected chi connectivity index (χ1v) is 5.99. The highest BCUT2D eigenvalue weighted by Gasteiger charge is 2.39. The van der Waals surface area contributed by atoms with Crippen molar-refractivity contribution < 1.29 is 31.1 Å². The van der Waals surface area contributed by atoms with Crippen LogP contribution in [0.4, 0.5) is 26.3 Å². The van der Waals surface area contributed by atoms with E-state index in [-0.39, 0.29) is 17.5 Å². The lowest BCUT2D eigenvalue weighted by Crippen LogP contribution is -2.16. The lowest BCUT2D eigenvalue weighted by molar-refractivity contribution is -0.143. The van der Waals surface area contributed by atoms with Crippen molar-refractivity contribution >= 4 is 5.90 Å². The van der Waals surface area contributed by atoms with E-state index >= 15 is 0 Å². The largest absolute Gasteiger partial charge is 0.471 e. The average molecular weight is 311 g/mol. The zero-order valence-electron chi connectivity index (χ0n) is 11.0. The molecule has 2 nitrogen and oxygen atoms in total. The molecule has 0 saturated carbocycles. The van der Waals surface area contributed by atoms with Crippen molar-refractivity contribution in [2.45, 2.75) is 38.3 Å². The van der Waals surface area contributed by atoms with Gasteiger partial charge in [0.1, 0.15) is 6.10 Å². The van der Waals surface area contributed by atoms with E-state index in [0.29, 0.717) is 12.1 Å². The van der Waals surface area contributed by atoms with Gasteiger partial charge in [0.2, 0.25) is 0 Å². The predicted octanol–water partition coefficient (Wildman–Crippen LogP) is 4.60. The summed E-state index contributed by atoms with van der Waals surface area (Å²) >= 11 is 0. The quantitative estimate of drug-likeness (QED) is 0.694. The standard InChI is InChI=1S/C13H11F6NO/c1-6-11(21-7(2)20-6)8-3-9(12(14,15)16)5-10(4-8)13(17,18)19/h3-6,11H,1-2H3. The maximum absolute atomic E-state index is 12.8. The molecule has 0 aromatic heterocycles. The van der Waals surface area contributed by atoms with E-state index in [1.807, 2.05) is 0 Å². The molecule has 21 heavy (non-hydrogen) atoms. The van der Waals surface area contributed by atoms with Gasteiger partial charge in [-0.05, 0) is 30.7 Å². The van der Waals surface area contributed by atoms with E-state index in [4.69, 9.17) is 4.74 Å². The minimum atomic E-state index is -4.87. The zero-order valence-corrected chi connectivity index (χ0v) is 11.0. The Balaban J connectivity index is 2.51. The Labute approximate surface area is 116 Å². The molecule has 0 amide bonds. The minimum absolute atomic E-state index is 0.0941. The molecule has 0 aliphatic carbocycles. The Morgan fingerprint density at radius 3 is 1.76 bits per heavy atom. The van der Waals surface area contributed by atoms with Gasteiger partial charge in [-0.25, -0.2) is 4.99 Å². The number of nitrogens with zero attached hydrogens (tertiary/aromatic N) is 1. The van der Waals surface area contributed by atoms with Crippen molar-refractivity contribution in [3.8, 4) is 0 Å². The summed E-state index contributed by atoms with van der Waals surface area (Å²) in [5.74, 6) is 0.235. The topological polar surface area (TPSA) is 21.6 Å². The SMILES string of the molecule is CC1=NC(C)C(c2cc(C(F)(F)F)cc(C(F)(F)F)c2)O1. The Morgan fingerprint density at radius 1 is 0.952 bits per heavy atom. The van der Waals surface area contributed by atoms with E-state index in [2.05, 4.69) is 4.99 Å². The van der Waals surface area contributed by atoms with Crippen LogP contribution in [0.3, 0.4) is 0 Å². The summed E-state index contributed by atoms with van der Waals surface area (Å²) in [4.78, 5) is 3.96. The van der Waals surface area contributed by atoms with Crippen LogP contribution in [-0.2, 0) is 17.1 Å². The van der Waals surface area contributed by atoms with Crippen molar-refractivity contribution in [2.24, 2.45) is 4.99 Å². The monoisotopic (exact) mass is 311 g/mol. The predicted molar refractivity (Wildman–Crippen MR) is 62.8 cm³/mol. The summed E-state index contributed by atoms with van der Waals surface area (Å²) in [5, 5.41) is 0. The third kappa shape index (κ3) is 3.30. The molecular weight excluding hydrogens is 300 g/mol. The molecule has 0 bridgehead atoms. The number of ether oxygens (including phenoxy) is 1. The van der Waals surface area contributed by atoms with Crippen molar-refractivity contribution in [1.82, 2.24) is 0 Å². The fourth-order valence-electron chi connectivity index (χ4n) is 2.16. The molecule has 2 unspecified atom stereocenters. The molecule has 2 atom stereocenters. The smallest absolute Gasteiger partial charge is 0.416 e. The van der Waals surface area contributed by atoms with Crippen molar-refractivity contribution in [3.05, 3.63) is 34.9 Å². The maximum Gasteiger partial charge on any atom is 0.416 e. The number of halogens is 6. The van der Waals surface area contributed by atoms with E-state index in [1.165, 1.54) is 6.92 Å². The van der Waals surface area contributed by atoms with Gasteiger partial charge in [-0.15, -0.1) is 0 Å². The van der Waals surface area contributed by atoms with Gasteiger partial charge in [0.05, 0.1) is 17.2 Å². The number of alkyl halides is 6. The van der Waals surface area contributed by atoms with Crippen LogP contribution in [0.2, 0.25) is 0 Å². The summed E-state index contributed by atoms with van der Waals surface area (Å²) in [7, 11) is 0. The van der Waals surface area contributed by atoms with Crippen LogP contribution >= 0.6 is 0 Å². The van der Waals surface area contributed by atoms with Gasteiger partial charge in [0.25, 0.3) is 0 Å². The highest BCUT2D eigenvalue weighted by atomic mass is 19.4. The Kier molecular flexibility index (Phi) is 3.67. The second-order valence-electron chi connectivity index (χ2n) is 4.77. The molecule has 116 valence electrons. The van der Waals surface area contributed by atoms with E-state index in [0.717, 1.165) is 0 Å². The Bertz CT molecular complexity index is 543. The number of hydrogen-bond donors (Lipinski definition) is 0. The molecular formula is C13H11F6NO. The Morgan fingerprint density at radius 2 is 1.43 bits per heavy atom. The molecule has 0 spiro atoms. The average Bonchev–Trinajstić information content (AvgIpc) is 2.65. The normalized spacial score (nSPS) is 23.0. The van der Waals surface area contributed by atoms with Crippen LogP contribution in [0.15, 0.2) is 23.2 Å². The second-order valence-corrected chi connectivity index (χ2v) is 4.77. The van der Waals surface area contributed by atoms with Gasteiger partial charge in [-0.3, -0.25) is 0 Å². The van der Waals surface area contributed by atoms with Gasteiger partial charge in [-0.2, -0.15) is 26.3 Å². The van der Waals surface area contributed by atoms with E-state index < -0.39 is 35.6 Å². The molecule has 0 fully saturated rings. The molecule has 1 heterocycles. The number of rotatable bonds is 1. The highest BCUT2D eigenvalue weighted by Crippen LogP contribution is 2.39. The summed E-state index contributed by atoms with van der Waals surface area (Å²) < 4.78 is 81.8. The summed E-state index contributed by atoms with van der Waals surface area (Å²) in [5.41, 5.74) is -2.90. The first kappa shape index (κ1) is 15.7. The molecule has 1 aromatic rings. The van der Waals surface area contributed by atoms with Crippen LogP contribution in [0, 0.1) is 0 Å². The lowest BCUT2D eigenvalue weighted by Gasteiger charge is -2.19. The molecule has 2 rings (SSSR count). The molecule has 0 saturated heterocycles. The summed E-state index contributed by atoms with van der Waals surface area (Å²) in [6.07, 6.45) is -10.7. The first-order chi connectivity index (χ1) is 9.48. The zero-order chi connectivity index (χ0) is 16.0. The third-order valence-electron chi connectivity index (χ3n) is 3.06. The Hall–Kier alpha value is -1.73. The maximum atomic E-state index is 12.8. The van der Waals surface area contributed by atoms with Crippen molar-refractivity contribution in [2.75, 3.05) is 0 Å². The van der Waals surface area contributed by atoms with Crippen LogP contribution in [0.25, 0.3) is 0 Å². The number of aliphatic imine (C=N–C) groups is 1. The number of hydrogen-bond acceptors (Lipinski definition) is 2. The molecule has 1 aliphatic rings. The van der Waals surface area contributed by atoms with Crippen LogP contribution in [0.5, 0.6) is 0 Å². The van der Waals surface area contributed by atoms with Crippen molar-refractivity contribution in [1.29, 1.82) is 0 Å². The van der Waals surface area contributed by atoms with Crippen LogP contribution in [-0.4, -0.2) is 11.9 Å². The highest BCUT2D eigenvalue weighted by molar-refractivity contribution is 5.75. The molecule has 1 aliphatic heterocycles. The fraction of sp³-hybridized carbons (Fsp3) is 0.462. The van der Waals surface area contributed by atoms with Gasteiger partial charge in [-0.1, -0.05) is 0 Å². The molecule has 8 heteroatoms. The first-order valence-electron chi connectivity index (χ1n) is 5.99. The molecule has 0 N–H and O–H groups in total. The minimum Gasteiger partial charge on any atom is -0.471 e. The number of benzene rings is 1. The second kappa shape index (κ2) is 4.92. The molecule has 0 radical (unpaired) electrons. The van der Waals surface area contributed by atoms with Gasteiger partial charge in [0, 0.05) is 6.92 Å². The third-order valence-corrected chi connectivity index (χ3v) is 3.06. The fourth-order valence-corrected chi connectivity index (χ4v) is 2.16. The van der Waals surface area contributed by atoms with Crippen molar-refractivity contribution in [3.63, 3.8) is 0 Å². The van der Waals surface area contributed by atoms with E-state index in [1.54, 1.807) is 6.92 Å². The van der Waals surface area contributed by atoms with Gasteiger partial charge in [0.15, 0.2) is 5.90 Å². The van der Waals surface area contributed by atoms with Crippen LogP contribution in [0.1, 0.15) is 36.6 Å². The van der Waals surface area contributed by atoms with Crippen LogP contribution < -0.4 is 0 Å². The van der Waals surface area contributed by atoms with Gasteiger partial charge >= 0.3 is 12.4 Å². The lowest BCUT2D eigenvalue weighted by atomic mass is 9.98. The van der Waals surface area contributed by atoms with Gasteiger partial charge < -0.3 is 4.74 Å². The molecule has 1 aromatic carbocycles. The summed E-state index contributed by atoms with van der Waals surface area (Å²) in [6, 6.07) is 0.890. The summed E-state index contributed by atoms with van der Waals surface area (Å²) in [6.45, 7) is 3.06.